The van der Waals surface area contributed by atoms with Gasteiger partial charge in [-0.1, -0.05) is 30.6 Å². The summed E-state index contributed by atoms with van der Waals surface area (Å²) in [5.74, 6) is -0.00228. The number of rotatable bonds is 4. The third-order valence-corrected chi connectivity index (χ3v) is 3.70. The van der Waals surface area contributed by atoms with Crippen LogP contribution in [0.3, 0.4) is 0 Å². The summed E-state index contributed by atoms with van der Waals surface area (Å²) < 4.78 is 10.7. The largest absolute Gasteiger partial charge is 0.496 e. The molecule has 112 valence electrons. The molecule has 0 spiro atoms. The monoisotopic (exact) mass is 309 g/mol. The number of nitrogens with zero attached hydrogens (tertiary/aromatic N) is 1. The number of methoxy groups -OCH3 is 1. The number of carboxylic acids is 1. The van der Waals surface area contributed by atoms with Crippen LogP contribution in [0.15, 0.2) is 16.7 Å². The zero-order valence-electron chi connectivity index (χ0n) is 12.2. The first-order valence-corrected chi connectivity index (χ1v) is 6.82. The van der Waals surface area contributed by atoms with E-state index >= 15 is 0 Å². The molecule has 0 saturated carbocycles. The van der Waals surface area contributed by atoms with Gasteiger partial charge in [0.1, 0.15) is 5.75 Å². The Bertz CT molecular complexity index is 691. The van der Waals surface area contributed by atoms with E-state index in [1.807, 2.05) is 26.8 Å². The molecule has 0 aliphatic carbocycles. The Morgan fingerprint density at radius 3 is 2.57 bits per heavy atom. The van der Waals surface area contributed by atoms with Gasteiger partial charge in [-0.15, -0.1) is 0 Å². The average Bonchev–Trinajstić information content (AvgIpc) is 2.90. The van der Waals surface area contributed by atoms with E-state index in [-0.39, 0.29) is 11.6 Å². The number of aromatic nitrogens is 1. The van der Waals surface area contributed by atoms with Crippen molar-refractivity contribution < 1.29 is 19.2 Å². The lowest BCUT2D eigenvalue weighted by Crippen LogP contribution is -1.99. The molecule has 6 heteroatoms. The molecule has 0 aliphatic rings. The summed E-state index contributed by atoms with van der Waals surface area (Å²) >= 11 is 6.28. The number of ether oxygens (including phenoxy) is 1. The summed E-state index contributed by atoms with van der Waals surface area (Å²) in [4.78, 5) is 10.9. The molecule has 0 radical (unpaired) electrons. The van der Waals surface area contributed by atoms with E-state index in [1.165, 1.54) is 6.07 Å². The minimum absolute atomic E-state index is 0.155. The van der Waals surface area contributed by atoms with E-state index in [2.05, 4.69) is 5.16 Å². The molecule has 2 aromatic rings. The van der Waals surface area contributed by atoms with Gasteiger partial charge in [0.15, 0.2) is 11.5 Å². The van der Waals surface area contributed by atoms with Gasteiger partial charge in [0.2, 0.25) is 0 Å². The van der Waals surface area contributed by atoms with Crippen LogP contribution in [0, 0.1) is 6.92 Å². The van der Waals surface area contributed by atoms with Gasteiger partial charge in [-0.25, -0.2) is 4.79 Å². The fraction of sp³-hybridized carbons (Fsp3) is 0.333. The maximum Gasteiger partial charge on any atom is 0.358 e. The summed E-state index contributed by atoms with van der Waals surface area (Å²) in [6, 6.07) is 3.23. The van der Waals surface area contributed by atoms with Crippen LogP contribution < -0.4 is 4.74 Å². The van der Waals surface area contributed by atoms with Crippen molar-refractivity contribution in [3.05, 3.63) is 34.0 Å². The van der Waals surface area contributed by atoms with Crippen molar-refractivity contribution in [2.24, 2.45) is 0 Å². The fourth-order valence-electron chi connectivity index (χ4n) is 2.18. The molecule has 1 heterocycles. The van der Waals surface area contributed by atoms with Crippen LogP contribution in [0.5, 0.6) is 5.75 Å². The molecule has 0 amide bonds. The molecule has 1 aromatic carbocycles. The van der Waals surface area contributed by atoms with Crippen molar-refractivity contribution in [2.45, 2.75) is 26.7 Å². The first-order chi connectivity index (χ1) is 9.86. The predicted octanol–water partition coefficient (Wildman–Crippen LogP) is 4.13. The van der Waals surface area contributed by atoms with Gasteiger partial charge in [-0.2, -0.15) is 0 Å². The highest BCUT2D eigenvalue weighted by Gasteiger charge is 2.23. The van der Waals surface area contributed by atoms with Crippen molar-refractivity contribution >= 4 is 17.6 Å². The number of aromatic carboxylic acids is 1. The second kappa shape index (κ2) is 5.77. The minimum atomic E-state index is -1.15. The summed E-state index contributed by atoms with van der Waals surface area (Å²) in [5.41, 5.74) is 2.16. The molecule has 2 rings (SSSR count). The smallest absolute Gasteiger partial charge is 0.358 e. The highest BCUT2D eigenvalue weighted by molar-refractivity contribution is 6.32. The number of benzene rings is 1. The zero-order chi connectivity index (χ0) is 15.7. The minimum Gasteiger partial charge on any atom is -0.496 e. The first-order valence-electron chi connectivity index (χ1n) is 6.44. The molecule has 0 unspecified atom stereocenters. The Morgan fingerprint density at radius 2 is 2.10 bits per heavy atom. The maximum absolute atomic E-state index is 10.9. The molecule has 1 N–H and O–H groups in total. The average molecular weight is 310 g/mol. The van der Waals surface area contributed by atoms with Gasteiger partial charge < -0.3 is 14.4 Å². The van der Waals surface area contributed by atoms with Gasteiger partial charge >= 0.3 is 5.97 Å². The van der Waals surface area contributed by atoms with E-state index in [9.17, 15) is 4.79 Å². The number of carbonyl (C=O) groups is 1. The highest BCUT2D eigenvalue weighted by atomic mass is 35.5. The zero-order valence-corrected chi connectivity index (χ0v) is 13.0. The third kappa shape index (κ3) is 2.74. The van der Waals surface area contributed by atoms with E-state index in [0.29, 0.717) is 22.1 Å². The molecule has 0 atom stereocenters. The van der Waals surface area contributed by atoms with Crippen LogP contribution in [-0.2, 0) is 0 Å². The third-order valence-electron chi connectivity index (χ3n) is 3.31. The normalized spacial score (nSPS) is 11.0. The second-order valence-electron chi connectivity index (χ2n) is 5.02. The lowest BCUT2D eigenvalue weighted by molar-refractivity contribution is 0.0686. The molecule has 0 aliphatic heterocycles. The number of carboxylic acid groups (broad SMARTS) is 1. The number of hydrogen-bond donors (Lipinski definition) is 1. The topological polar surface area (TPSA) is 72.6 Å². The van der Waals surface area contributed by atoms with Crippen LogP contribution in [-0.4, -0.2) is 23.3 Å². The Labute approximate surface area is 127 Å². The molecule has 0 saturated heterocycles. The van der Waals surface area contributed by atoms with Crippen LogP contribution in [0.2, 0.25) is 5.02 Å². The van der Waals surface area contributed by atoms with Crippen LogP contribution in [0.1, 0.15) is 41.4 Å². The Kier molecular flexibility index (Phi) is 4.23. The highest BCUT2D eigenvalue weighted by Crippen LogP contribution is 2.42. The lowest BCUT2D eigenvalue weighted by Gasteiger charge is -2.18. The molecule has 0 fully saturated rings. The number of hydrogen-bond acceptors (Lipinski definition) is 4. The summed E-state index contributed by atoms with van der Waals surface area (Å²) in [6.45, 7) is 5.87. The standard InChI is InChI=1S/C15H16ClNO4/c1-7(2)9-5-10(16)8(3)13(14(9)20-4)12-6-11(15(18)19)17-21-12/h5-7H,1-4H3,(H,18,19). The lowest BCUT2D eigenvalue weighted by atomic mass is 9.94. The van der Waals surface area contributed by atoms with Crippen LogP contribution in [0.25, 0.3) is 11.3 Å². The molecule has 5 nitrogen and oxygen atoms in total. The summed E-state index contributed by atoms with van der Waals surface area (Å²) in [7, 11) is 1.56. The molecular weight excluding hydrogens is 294 g/mol. The second-order valence-corrected chi connectivity index (χ2v) is 5.42. The SMILES string of the molecule is COc1c(C(C)C)cc(Cl)c(C)c1-c1cc(C(=O)O)no1. The predicted molar refractivity (Wildman–Crippen MR) is 79.3 cm³/mol. The van der Waals surface area contributed by atoms with Gasteiger partial charge in [0.05, 0.1) is 12.7 Å². The summed E-state index contributed by atoms with van der Waals surface area (Å²) in [6.07, 6.45) is 0. The van der Waals surface area contributed by atoms with E-state index in [1.54, 1.807) is 7.11 Å². The van der Waals surface area contributed by atoms with Crippen LogP contribution >= 0.6 is 11.6 Å². The fourth-order valence-corrected chi connectivity index (χ4v) is 2.40. The Balaban J connectivity index is 2.73. The number of halogens is 1. The molecule has 21 heavy (non-hydrogen) atoms. The van der Waals surface area contributed by atoms with Crippen molar-refractivity contribution in [1.29, 1.82) is 0 Å². The van der Waals surface area contributed by atoms with Gasteiger partial charge in [-0.05, 0) is 30.0 Å². The van der Waals surface area contributed by atoms with E-state index in [0.717, 1.165) is 11.1 Å². The first kappa shape index (κ1) is 15.4. The molecule has 0 bridgehead atoms. The van der Waals surface area contributed by atoms with Crippen molar-refractivity contribution in [3.8, 4) is 17.1 Å². The molecular formula is C15H16ClNO4. The quantitative estimate of drug-likeness (QED) is 0.919. The van der Waals surface area contributed by atoms with E-state index in [4.69, 9.17) is 26.0 Å². The Morgan fingerprint density at radius 1 is 1.43 bits per heavy atom. The summed E-state index contributed by atoms with van der Waals surface area (Å²) in [5, 5.41) is 13.1. The van der Waals surface area contributed by atoms with Gasteiger partial charge in [0.25, 0.3) is 0 Å². The van der Waals surface area contributed by atoms with Gasteiger partial charge in [-0.3, -0.25) is 0 Å². The van der Waals surface area contributed by atoms with Crippen LogP contribution in [0.4, 0.5) is 0 Å². The molecule has 1 aromatic heterocycles. The van der Waals surface area contributed by atoms with Crippen molar-refractivity contribution in [3.63, 3.8) is 0 Å². The van der Waals surface area contributed by atoms with Crippen molar-refractivity contribution in [2.75, 3.05) is 7.11 Å². The van der Waals surface area contributed by atoms with Gasteiger partial charge in [0, 0.05) is 11.1 Å². The Hall–Kier alpha value is -2.01. The van der Waals surface area contributed by atoms with Crippen molar-refractivity contribution in [1.82, 2.24) is 5.16 Å². The van der Waals surface area contributed by atoms with E-state index < -0.39 is 5.97 Å². The maximum atomic E-state index is 10.9.